The summed E-state index contributed by atoms with van der Waals surface area (Å²) in [6, 6.07) is 13.5. The molecule has 0 fully saturated rings. The number of ether oxygens (including phenoxy) is 2. The summed E-state index contributed by atoms with van der Waals surface area (Å²) in [5.74, 6) is 1.01. The number of hydrogen-bond donors (Lipinski definition) is 1. The van der Waals surface area contributed by atoms with Crippen molar-refractivity contribution in [3.8, 4) is 5.75 Å². The van der Waals surface area contributed by atoms with Crippen LogP contribution in [0.4, 0.5) is 5.69 Å². The zero-order valence-electron chi connectivity index (χ0n) is 14.3. The molecule has 1 N–H and O–H groups in total. The van der Waals surface area contributed by atoms with Crippen LogP contribution in [0.3, 0.4) is 0 Å². The van der Waals surface area contributed by atoms with Crippen molar-refractivity contribution >= 4 is 34.6 Å². The summed E-state index contributed by atoms with van der Waals surface area (Å²) in [6.45, 7) is 4.37. The third-order valence-corrected chi connectivity index (χ3v) is 4.52. The lowest BCUT2D eigenvalue weighted by Gasteiger charge is -2.07. The first-order chi connectivity index (χ1) is 12.1. The van der Waals surface area contributed by atoms with Gasteiger partial charge in [-0.15, -0.1) is 0 Å². The van der Waals surface area contributed by atoms with Crippen LogP contribution >= 0.6 is 11.9 Å². The van der Waals surface area contributed by atoms with Crippen molar-refractivity contribution in [2.24, 2.45) is 0 Å². The SMILES string of the molecule is CCOc1ccc(SNc2ccc3oc(C)c(C(=O)OC)c3c2)cc1. The van der Waals surface area contributed by atoms with Gasteiger partial charge in [0.15, 0.2) is 0 Å². The Labute approximate surface area is 150 Å². The van der Waals surface area contributed by atoms with Gasteiger partial charge in [-0.05, 0) is 68.3 Å². The molecule has 0 aliphatic rings. The van der Waals surface area contributed by atoms with Gasteiger partial charge in [0, 0.05) is 16.0 Å². The number of aryl methyl sites for hydroxylation is 1. The van der Waals surface area contributed by atoms with E-state index in [9.17, 15) is 4.79 Å². The van der Waals surface area contributed by atoms with Crippen LogP contribution in [0.15, 0.2) is 51.8 Å². The van der Waals surface area contributed by atoms with Gasteiger partial charge >= 0.3 is 5.97 Å². The van der Waals surface area contributed by atoms with Gasteiger partial charge in [-0.1, -0.05) is 0 Å². The van der Waals surface area contributed by atoms with Crippen LogP contribution in [0.5, 0.6) is 5.75 Å². The molecule has 0 radical (unpaired) electrons. The van der Waals surface area contributed by atoms with Crippen molar-refractivity contribution in [1.29, 1.82) is 0 Å². The van der Waals surface area contributed by atoms with Crippen LogP contribution in [0, 0.1) is 6.92 Å². The predicted molar refractivity (Wildman–Crippen MR) is 99.4 cm³/mol. The summed E-state index contributed by atoms with van der Waals surface area (Å²) in [4.78, 5) is 13.0. The molecule has 0 saturated heterocycles. The first kappa shape index (κ1) is 17.2. The molecular weight excluding hydrogens is 338 g/mol. The number of carbonyl (C=O) groups is 1. The second-order valence-corrected chi connectivity index (χ2v) is 6.22. The molecule has 0 atom stereocenters. The van der Waals surface area contributed by atoms with E-state index in [2.05, 4.69) is 4.72 Å². The molecule has 3 rings (SSSR count). The first-order valence-electron chi connectivity index (χ1n) is 7.89. The molecule has 25 heavy (non-hydrogen) atoms. The second-order valence-electron chi connectivity index (χ2n) is 5.34. The minimum Gasteiger partial charge on any atom is -0.494 e. The molecular formula is C19H19NO4S. The van der Waals surface area contributed by atoms with E-state index < -0.39 is 5.97 Å². The zero-order valence-corrected chi connectivity index (χ0v) is 15.1. The van der Waals surface area contributed by atoms with E-state index in [1.54, 1.807) is 6.92 Å². The molecule has 0 amide bonds. The molecule has 5 nitrogen and oxygen atoms in total. The number of benzene rings is 2. The smallest absolute Gasteiger partial charge is 0.342 e. The van der Waals surface area contributed by atoms with Crippen molar-refractivity contribution in [2.45, 2.75) is 18.7 Å². The third-order valence-electron chi connectivity index (χ3n) is 3.68. The Morgan fingerprint density at radius 3 is 2.64 bits per heavy atom. The van der Waals surface area contributed by atoms with E-state index in [-0.39, 0.29) is 0 Å². The zero-order chi connectivity index (χ0) is 17.8. The van der Waals surface area contributed by atoms with Gasteiger partial charge in [0.2, 0.25) is 0 Å². The number of methoxy groups -OCH3 is 1. The molecule has 6 heteroatoms. The number of fused-ring (bicyclic) bond motifs is 1. The van der Waals surface area contributed by atoms with Gasteiger partial charge in [0.1, 0.15) is 22.7 Å². The van der Waals surface area contributed by atoms with Gasteiger partial charge in [-0.3, -0.25) is 0 Å². The van der Waals surface area contributed by atoms with Crippen LogP contribution < -0.4 is 9.46 Å². The Bertz CT molecular complexity index is 886. The van der Waals surface area contributed by atoms with E-state index >= 15 is 0 Å². The van der Waals surface area contributed by atoms with Gasteiger partial charge < -0.3 is 18.6 Å². The molecule has 1 aromatic heterocycles. The average molecular weight is 357 g/mol. The average Bonchev–Trinajstić information content (AvgIpc) is 2.96. The molecule has 130 valence electrons. The highest BCUT2D eigenvalue weighted by atomic mass is 32.2. The first-order valence-corrected chi connectivity index (χ1v) is 8.71. The quantitative estimate of drug-likeness (QED) is 0.492. The van der Waals surface area contributed by atoms with Crippen molar-refractivity contribution in [3.63, 3.8) is 0 Å². The predicted octanol–water partition coefficient (Wildman–Crippen LogP) is 5.05. The van der Waals surface area contributed by atoms with Crippen LogP contribution in [-0.2, 0) is 4.74 Å². The van der Waals surface area contributed by atoms with Crippen LogP contribution in [0.1, 0.15) is 23.0 Å². The summed E-state index contributed by atoms with van der Waals surface area (Å²) in [6.07, 6.45) is 0. The van der Waals surface area contributed by atoms with Gasteiger partial charge in [0.25, 0.3) is 0 Å². The topological polar surface area (TPSA) is 60.7 Å². The van der Waals surface area contributed by atoms with Crippen molar-refractivity contribution in [2.75, 3.05) is 18.4 Å². The molecule has 0 bridgehead atoms. The third kappa shape index (κ3) is 3.74. The van der Waals surface area contributed by atoms with Gasteiger partial charge in [-0.2, -0.15) is 0 Å². The summed E-state index contributed by atoms with van der Waals surface area (Å²) in [7, 11) is 1.37. The lowest BCUT2D eigenvalue weighted by Crippen LogP contribution is -2.01. The molecule has 0 aliphatic carbocycles. The van der Waals surface area contributed by atoms with Crippen LogP contribution in [0.25, 0.3) is 11.0 Å². The molecule has 0 aliphatic heterocycles. The summed E-state index contributed by atoms with van der Waals surface area (Å²) in [5.41, 5.74) is 2.00. The Kier molecular flexibility index (Phi) is 5.19. The number of anilines is 1. The van der Waals surface area contributed by atoms with Crippen molar-refractivity contribution in [1.82, 2.24) is 0 Å². The molecule has 0 saturated carbocycles. The minimum atomic E-state index is -0.396. The maximum absolute atomic E-state index is 12.0. The number of esters is 1. The summed E-state index contributed by atoms with van der Waals surface area (Å²) >= 11 is 1.48. The lowest BCUT2D eigenvalue weighted by atomic mass is 10.1. The molecule has 1 heterocycles. The molecule has 0 spiro atoms. The fourth-order valence-corrected chi connectivity index (χ4v) is 3.16. The lowest BCUT2D eigenvalue weighted by molar-refractivity contribution is 0.0600. The fraction of sp³-hybridized carbons (Fsp3) is 0.211. The maximum Gasteiger partial charge on any atom is 0.342 e. The number of furan rings is 1. The Balaban J connectivity index is 1.78. The highest BCUT2D eigenvalue weighted by Gasteiger charge is 2.19. The van der Waals surface area contributed by atoms with E-state index in [0.717, 1.165) is 21.7 Å². The van der Waals surface area contributed by atoms with E-state index in [1.807, 2.05) is 49.4 Å². The van der Waals surface area contributed by atoms with Gasteiger partial charge in [-0.25, -0.2) is 4.79 Å². The van der Waals surface area contributed by atoms with E-state index in [4.69, 9.17) is 13.9 Å². The number of carbonyl (C=O) groups excluding carboxylic acids is 1. The Morgan fingerprint density at radius 1 is 1.20 bits per heavy atom. The van der Waals surface area contributed by atoms with Gasteiger partial charge in [0.05, 0.1) is 13.7 Å². The Hall–Kier alpha value is -2.60. The standard InChI is InChI=1S/C19H19NO4S/c1-4-23-14-6-8-15(9-7-14)25-20-13-5-10-17-16(11-13)18(12(2)24-17)19(21)22-3/h5-11,20H,4H2,1-3H3. The molecule has 2 aromatic carbocycles. The summed E-state index contributed by atoms with van der Waals surface area (Å²) < 4.78 is 19.2. The summed E-state index contributed by atoms with van der Waals surface area (Å²) in [5, 5.41) is 0.738. The van der Waals surface area contributed by atoms with E-state index in [0.29, 0.717) is 23.5 Å². The van der Waals surface area contributed by atoms with Crippen molar-refractivity contribution in [3.05, 3.63) is 53.8 Å². The largest absolute Gasteiger partial charge is 0.494 e. The monoisotopic (exact) mass is 357 g/mol. The van der Waals surface area contributed by atoms with Crippen molar-refractivity contribution < 1.29 is 18.7 Å². The second kappa shape index (κ2) is 7.53. The van der Waals surface area contributed by atoms with Crippen LogP contribution in [0.2, 0.25) is 0 Å². The maximum atomic E-state index is 12.0. The Morgan fingerprint density at radius 2 is 1.96 bits per heavy atom. The highest BCUT2D eigenvalue weighted by Crippen LogP contribution is 2.31. The normalized spacial score (nSPS) is 10.7. The van der Waals surface area contributed by atoms with E-state index in [1.165, 1.54) is 19.1 Å². The van der Waals surface area contributed by atoms with Crippen LogP contribution in [-0.4, -0.2) is 19.7 Å². The highest BCUT2D eigenvalue weighted by molar-refractivity contribution is 8.00. The molecule has 0 unspecified atom stereocenters. The number of rotatable bonds is 6. The molecule has 3 aromatic rings. The minimum absolute atomic E-state index is 0.396. The number of nitrogens with one attached hydrogen (secondary N) is 1. The fourth-order valence-electron chi connectivity index (χ4n) is 2.53. The number of hydrogen-bond acceptors (Lipinski definition) is 6.